The fourth-order valence-electron chi connectivity index (χ4n) is 4.18. The van der Waals surface area contributed by atoms with Gasteiger partial charge in [0.15, 0.2) is 0 Å². The minimum absolute atomic E-state index is 0.0804. The van der Waals surface area contributed by atoms with E-state index in [0.29, 0.717) is 11.4 Å². The summed E-state index contributed by atoms with van der Waals surface area (Å²) in [5.41, 5.74) is 5.08. The molecule has 0 amide bonds. The van der Waals surface area contributed by atoms with Crippen molar-refractivity contribution in [1.29, 1.82) is 0 Å². The van der Waals surface area contributed by atoms with E-state index in [1.165, 1.54) is 5.56 Å². The third-order valence-electron chi connectivity index (χ3n) is 5.34. The van der Waals surface area contributed by atoms with Crippen LogP contribution in [0.4, 0.5) is 0 Å². The van der Waals surface area contributed by atoms with Gasteiger partial charge in [-0.3, -0.25) is 0 Å². The molecule has 3 nitrogen and oxygen atoms in total. The third kappa shape index (κ3) is 3.72. The Morgan fingerprint density at radius 2 is 1.46 bits per heavy atom. The molecule has 2 aromatic carbocycles. The summed E-state index contributed by atoms with van der Waals surface area (Å²) in [5, 5.41) is 0. The van der Waals surface area contributed by atoms with Gasteiger partial charge in [0, 0.05) is 6.54 Å². The summed E-state index contributed by atoms with van der Waals surface area (Å²) in [4.78, 5) is 0.488. The number of nitrogens with zero attached hydrogens (tertiary/aromatic N) is 1. The van der Waals surface area contributed by atoms with E-state index in [1.807, 2.05) is 32.9 Å². The fraction of sp³-hybridized carbons (Fsp3) is 0.455. The average molecular weight is 372 g/mol. The summed E-state index contributed by atoms with van der Waals surface area (Å²) in [6.07, 6.45) is 3.95. The van der Waals surface area contributed by atoms with Gasteiger partial charge >= 0.3 is 0 Å². The molecule has 1 atom stereocenters. The Hall–Kier alpha value is -1.65. The van der Waals surface area contributed by atoms with E-state index < -0.39 is 10.0 Å². The zero-order valence-electron chi connectivity index (χ0n) is 16.2. The van der Waals surface area contributed by atoms with Crippen molar-refractivity contribution in [3.63, 3.8) is 0 Å². The fourth-order valence-corrected chi connectivity index (χ4v) is 6.28. The topological polar surface area (TPSA) is 37.4 Å². The summed E-state index contributed by atoms with van der Waals surface area (Å²) >= 11 is 0. The smallest absolute Gasteiger partial charge is 0.207 e. The summed E-state index contributed by atoms with van der Waals surface area (Å²) in [6, 6.07) is 12.2. The number of hydrogen-bond acceptors (Lipinski definition) is 2. The van der Waals surface area contributed by atoms with Gasteiger partial charge in [-0.25, -0.2) is 8.42 Å². The normalized spacial score (nSPS) is 19.3. The molecule has 26 heavy (non-hydrogen) atoms. The Balaban J connectivity index is 2.09. The van der Waals surface area contributed by atoms with Crippen molar-refractivity contribution < 1.29 is 8.42 Å². The van der Waals surface area contributed by atoms with E-state index in [1.54, 1.807) is 4.31 Å². The lowest BCUT2D eigenvalue weighted by Gasteiger charge is -2.31. The predicted molar refractivity (Wildman–Crippen MR) is 107 cm³/mol. The van der Waals surface area contributed by atoms with Gasteiger partial charge in [-0.15, -0.1) is 0 Å². The predicted octanol–water partition coefficient (Wildman–Crippen LogP) is 5.23. The van der Waals surface area contributed by atoms with Gasteiger partial charge in [-0.05, 0) is 57.2 Å². The molecule has 0 aromatic heterocycles. The van der Waals surface area contributed by atoms with Crippen LogP contribution in [-0.4, -0.2) is 19.3 Å². The number of benzene rings is 2. The monoisotopic (exact) mass is 371 g/mol. The van der Waals surface area contributed by atoms with Crippen molar-refractivity contribution >= 4 is 10.0 Å². The second kappa shape index (κ2) is 7.53. The molecule has 140 valence electrons. The lowest BCUT2D eigenvalue weighted by atomic mass is 10.0. The van der Waals surface area contributed by atoms with Crippen LogP contribution in [0.5, 0.6) is 0 Å². The minimum atomic E-state index is -3.54. The molecule has 0 N–H and O–H groups in total. The van der Waals surface area contributed by atoms with Crippen LogP contribution in [0.15, 0.2) is 41.3 Å². The van der Waals surface area contributed by atoms with Gasteiger partial charge in [0.1, 0.15) is 0 Å². The SMILES string of the molecule is Cc1ccc(C2CCCCCN2S(=O)(=O)c2c(C)cc(C)cc2C)cc1. The zero-order chi connectivity index (χ0) is 18.9. The first-order chi connectivity index (χ1) is 12.3. The molecule has 0 aliphatic carbocycles. The van der Waals surface area contributed by atoms with Gasteiger partial charge in [0.25, 0.3) is 0 Å². The molecule has 1 aliphatic heterocycles. The van der Waals surface area contributed by atoms with Crippen LogP contribution in [0.1, 0.15) is 59.5 Å². The standard InChI is InChI=1S/C22H29NO2S/c1-16-9-11-20(12-10-16)21-8-6-5-7-13-23(21)26(24,25)22-18(3)14-17(2)15-19(22)4/h9-12,14-15,21H,5-8,13H2,1-4H3. The number of aryl methyl sites for hydroxylation is 4. The van der Waals surface area contributed by atoms with E-state index in [-0.39, 0.29) is 6.04 Å². The van der Waals surface area contributed by atoms with Crippen LogP contribution in [0.2, 0.25) is 0 Å². The van der Waals surface area contributed by atoms with E-state index in [0.717, 1.165) is 47.9 Å². The highest BCUT2D eigenvalue weighted by molar-refractivity contribution is 7.89. The van der Waals surface area contributed by atoms with Crippen molar-refractivity contribution in [2.24, 2.45) is 0 Å². The molecule has 2 aromatic rings. The highest BCUT2D eigenvalue weighted by Gasteiger charge is 2.35. The van der Waals surface area contributed by atoms with E-state index in [9.17, 15) is 8.42 Å². The summed E-state index contributed by atoms with van der Waals surface area (Å²) in [5.74, 6) is 0. The van der Waals surface area contributed by atoms with Crippen LogP contribution >= 0.6 is 0 Å². The van der Waals surface area contributed by atoms with Gasteiger partial charge in [-0.2, -0.15) is 4.31 Å². The largest absolute Gasteiger partial charge is 0.244 e. The van der Waals surface area contributed by atoms with Crippen molar-refractivity contribution in [2.75, 3.05) is 6.54 Å². The van der Waals surface area contributed by atoms with Crippen LogP contribution in [-0.2, 0) is 10.0 Å². The Morgan fingerprint density at radius 3 is 2.08 bits per heavy atom. The average Bonchev–Trinajstić information content (AvgIpc) is 2.80. The Bertz CT molecular complexity index is 862. The van der Waals surface area contributed by atoms with Crippen LogP contribution in [0.3, 0.4) is 0 Å². The van der Waals surface area contributed by atoms with E-state index in [2.05, 4.69) is 31.2 Å². The molecular formula is C22H29NO2S. The van der Waals surface area contributed by atoms with Crippen molar-refractivity contribution in [1.82, 2.24) is 4.31 Å². The van der Waals surface area contributed by atoms with Gasteiger partial charge in [0.2, 0.25) is 10.0 Å². The number of hydrogen-bond donors (Lipinski definition) is 0. The van der Waals surface area contributed by atoms with Gasteiger partial charge in [-0.1, -0.05) is 60.4 Å². The minimum Gasteiger partial charge on any atom is -0.207 e. The third-order valence-corrected chi connectivity index (χ3v) is 7.55. The van der Waals surface area contributed by atoms with Crippen molar-refractivity contribution in [3.8, 4) is 0 Å². The Morgan fingerprint density at radius 1 is 0.846 bits per heavy atom. The highest BCUT2D eigenvalue weighted by atomic mass is 32.2. The van der Waals surface area contributed by atoms with Crippen molar-refractivity contribution in [2.45, 2.75) is 64.3 Å². The van der Waals surface area contributed by atoms with Crippen molar-refractivity contribution in [3.05, 3.63) is 64.2 Å². The second-order valence-corrected chi connectivity index (χ2v) is 9.45. The van der Waals surface area contributed by atoms with E-state index in [4.69, 9.17) is 0 Å². The number of rotatable bonds is 3. The maximum absolute atomic E-state index is 13.7. The maximum atomic E-state index is 13.7. The molecular weight excluding hydrogens is 342 g/mol. The first-order valence-corrected chi connectivity index (χ1v) is 10.9. The van der Waals surface area contributed by atoms with Crippen LogP contribution in [0.25, 0.3) is 0 Å². The van der Waals surface area contributed by atoms with Crippen LogP contribution < -0.4 is 0 Å². The molecule has 1 heterocycles. The molecule has 0 spiro atoms. The van der Waals surface area contributed by atoms with Gasteiger partial charge < -0.3 is 0 Å². The van der Waals surface area contributed by atoms with Crippen LogP contribution in [0, 0.1) is 27.7 Å². The highest BCUT2D eigenvalue weighted by Crippen LogP contribution is 2.36. The molecule has 1 fully saturated rings. The quantitative estimate of drug-likeness (QED) is 0.741. The first kappa shape index (κ1) is 19.1. The molecule has 4 heteroatoms. The molecule has 3 rings (SSSR count). The molecule has 1 saturated heterocycles. The molecule has 1 unspecified atom stereocenters. The molecule has 1 aliphatic rings. The first-order valence-electron chi connectivity index (χ1n) is 9.47. The lowest BCUT2D eigenvalue weighted by Crippen LogP contribution is -2.35. The van der Waals surface area contributed by atoms with E-state index >= 15 is 0 Å². The number of sulfonamides is 1. The summed E-state index contributed by atoms with van der Waals surface area (Å²) < 4.78 is 29.1. The zero-order valence-corrected chi connectivity index (χ0v) is 17.1. The molecule has 0 radical (unpaired) electrons. The maximum Gasteiger partial charge on any atom is 0.244 e. The Kier molecular flexibility index (Phi) is 5.54. The lowest BCUT2D eigenvalue weighted by molar-refractivity contribution is 0.328. The molecule has 0 bridgehead atoms. The Labute approximate surface area is 158 Å². The summed E-state index contributed by atoms with van der Waals surface area (Å²) in [6.45, 7) is 8.48. The second-order valence-electron chi connectivity index (χ2n) is 7.62. The van der Waals surface area contributed by atoms with Gasteiger partial charge in [0.05, 0.1) is 10.9 Å². The molecule has 0 saturated carbocycles. The summed E-state index contributed by atoms with van der Waals surface area (Å²) in [7, 11) is -3.54.